The molecule has 0 saturated carbocycles. The smallest absolute Gasteiger partial charge is 0.130 e. The number of rotatable bonds is 1. The van der Waals surface area contributed by atoms with Gasteiger partial charge >= 0.3 is 0 Å². The highest BCUT2D eigenvalue weighted by atomic mass is 79.9. The van der Waals surface area contributed by atoms with Crippen LogP contribution >= 0.6 is 39.1 Å². The van der Waals surface area contributed by atoms with Gasteiger partial charge in [0, 0.05) is 21.6 Å². The summed E-state index contributed by atoms with van der Waals surface area (Å²) in [7, 11) is 0. The third-order valence-corrected chi connectivity index (χ3v) is 2.47. The maximum atomic E-state index is 5.88. The van der Waals surface area contributed by atoms with Gasteiger partial charge in [-0.3, -0.25) is 0 Å². The van der Waals surface area contributed by atoms with E-state index in [1.807, 2.05) is 6.92 Å². The first-order valence-corrected chi connectivity index (χ1v) is 4.90. The molecular formula is C7H6BrCl2N. The number of halogens is 3. The number of alkyl halides is 1. The molecule has 0 aromatic carbocycles. The van der Waals surface area contributed by atoms with Crippen LogP contribution in [0, 0.1) is 6.92 Å². The Labute approximate surface area is 83.9 Å². The standard InChI is InChI=1S/C7H6BrCl2N/c1-4-5(3-8)6(9)2-7(10)11-4/h2H,3H2,1H3. The SMILES string of the molecule is Cc1nc(Cl)cc(Cl)c1CBr. The maximum Gasteiger partial charge on any atom is 0.130 e. The molecule has 1 heterocycles. The fourth-order valence-electron chi connectivity index (χ4n) is 0.785. The van der Waals surface area contributed by atoms with Gasteiger partial charge in [-0.2, -0.15) is 0 Å². The minimum atomic E-state index is 0.442. The highest BCUT2D eigenvalue weighted by Crippen LogP contribution is 2.23. The predicted octanol–water partition coefficient (Wildman–Crippen LogP) is 3.59. The van der Waals surface area contributed by atoms with Crippen molar-refractivity contribution in [1.82, 2.24) is 4.98 Å². The van der Waals surface area contributed by atoms with E-state index in [9.17, 15) is 0 Å². The van der Waals surface area contributed by atoms with Gasteiger partial charge in [-0.25, -0.2) is 4.98 Å². The average Bonchev–Trinajstić information content (AvgIpc) is 1.85. The van der Waals surface area contributed by atoms with E-state index >= 15 is 0 Å². The first kappa shape index (κ1) is 9.30. The summed E-state index contributed by atoms with van der Waals surface area (Å²) in [5.41, 5.74) is 1.87. The Hall–Kier alpha value is 0.210. The van der Waals surface area contributed by atoms with Crippen LogP contribution in [-0.4, -0.2) is 4.98 Å². The molecule has 0 bridgehead atoms. The lowest BCUT2D eigenvalue weighted by Crippen LogP contribution is -1.90. The van der Waals surface area contributed by atoms with Crippen LogP contribution in [0.1, 0.15) is 11.3 Å². The van der Waals surface area contributed by atoms with Crippen LogP contribution in [0.2, 0.25) is 10.2 Å². The zero-order valence-corrected chi connectivity index (χ0v) is 8.96. The van der Waals surface area contributed by atoms with E-state index < -0.39 is 0 Å². The van der Waals surface area contributed by atoms with Crippen LogP contribution in [-0.2, 0) is 5.33 Å². The summed E-state index contributed by atoms with van der Waals surface area (Å²) >= 11 is 14.9. The van der Waals surface area contributed by atoms with Gasteiger partial charge in [-0.1, -0.05) is 39.1 Å². The monoisotopic (exact) mass is 253 g/mol. The number of hydrogen-bond acceptors (Lipinski definition) is 1. The van der Waals surface area contributed by atoms with Gasteiger partial charge in [0.15, 0.2) is 0 Å². The minimum Gasteiger partial charge on any atom is -0.241 e. The predicted molar refractivity (Wildman–Crippen MR) is 51.6 cm³/mol. The Balaban J connectivity index is 3.25. The summed E-state index contributed by atoms with van der Waals surface area (Å²) in [6, 6.07) is 1.65. The van der Waals surface area contributed by atoms with Crippen molar-refractivity contribution >= 4 is 39.1 Å². The minimum absolute atomic E-state index is 0.442. The van der Waals surface area contributed by atoms with Crippen molar-refractivity contribution in [1.29, 1.82) is 0 Å². The third kappa shape index (κ3) is 2.08. The quantitative estimate of drug-likeness (QED) is 0.551. The molecule has 11 heavy (non-hydrogen) atoms. The second kappa shape index (κ2) is 3.74. The molecule has 0 spiro atoms. The van der Waals surface area contributed by atoms with Gasteiger partial charge in [0.1, 0.15) is 5.15 Å². The lowest BCUT2D eigenvalue weighted by Gasteiger charge is -2.03. The van der Waals surface area contributed by atoms with Gasteiger partial charge < -0.3 is 0 Å². The second-order valence-corrected chi connectivity index (χ2v) is 3.48. The number of aryl methyl sites for hydroxylation is 1. The molecule has 1 rings (SSSR count). The first-order chi connectivity index (χ1) is 5.15. The van der Waals surface area contributed by atoms with E-state index in [4.69, 9.17) is 23.2 Å². The summed E-state index contributed by atoms with van der Waals surface area (Å²) in [5, 5.41) is 1.82. The highest BCUT2D eigenvalue weighted by Gasteiger charge is 2.04. The largest absolute Gasteiger partial charge is 0.241 e. The fraction of sp³-hybridized carbons (Fsp3) is 0.286. The summed E-state index contributed by atoms with van der Waals surface area (Å²) in [6.45, 7) is 1.88. The number of pyridine rings is 1. The van der Waals surface area contributed by atoms with Gasteiger partial charge in [-0.15, -0.1) is 0 Å². The molecule has 0 radical (unpaired) electrons. The average molecular weight is 255 g/mol. The zero-order chi connectivity index (χ0) is 8.43. The molecule has 0 N–H and O–H groups in total. The van der Waals surface area contributed by atoms with Crippen LogP contribution in [0.25, 0.3) is 0 Å². The van der Waals surface area contributed by atoms with Gasteiger partial charge in [-0.05, 0) is 13.0 Å². The van der Waals surface area contributed by atoms with E-state index in [0.717, 1.165) is 11.3 Å². The van der Waals surface area contributed by atoms with Crippen LogP contribution in [0.3, 0.4) is 0 Å². The molecule has 4 heteroatoms. The van der Waals surface area contributed by atoms with E-state index in [2.05, 4.69) is 20.9 Å². The van der Waals surface area contributed by atoms with Crippen LogP contribution in [0.4, 0.5) is 0 Å². The lowest BCUT2D eigenvalue weighted by molar-refractivity contribution is 1.14. The number of aromatic nitrogens is 1. The molecule has 0 aliphatic heterocycles. The zero-order valence-electron chi connectivity index (χ0n) is 5.87. The molecule has 0 saturated heterocycles. The molecule has 0 aliphatic rings. The molecular weight excluding hydrogens is 249 g/mol. The molecule has 1 nitrogen and oxygen atoms in total. The Morgan fingerprint density at radius 3 is 2.64 bits per heavy atom. The summed E-state index contributed by atoms with van der Waals surface area (Å²) in [6.07, 6.45) is 0. The number of hydrogen-bond donors (Lipinski definition) is 0. The molecule has 0 amide bonds. The Morgan fingerprint density at radius 2 is 2.18 bits per heavy atom. The normalized spacial score (nSPS) is 10.2. The van der Waals surface area contributed by atoms with Crippen LogP contribution < -0.4 is 0 Å². The molecule has 0 aliphatic carbocycles. The van der Waals surface area contributed by atoms with Gasteiger partial charge in [0.2, 0.25) is 0 Å². The lowest BCUT2D eigenvalue weighted by atomic mass is 10.2. The van der Waals surface area contributed by atoms with E-state index in [1.165, 1.54) is 0 Å². The van der Waals surface area contributed by atoms with E-state index in [0.29, 0.717) is 15.5 Å². The molecule has 0 unspecified atom stereocenters. The topological polar surface area (TPSA) is 12.9 Å². The van der Waals surface area contributed by atoms with Crippen LogP contribution in [0.5, 0.6) is 0 Å². The van der Waals surface area contributed by atoms with Crippen molar-refractivity contribution < 1.29 is 0 Å². The molecule has 60 valence electrons. The van der Waals surface area contributed by atoms with E-state index in [1.54, 1.807) is 6.07 Å². The second-order valence-electron chi connectivity index (χ2n) is 2.12. The van der Waals surface area contributed by atoms with Crippen LogP contribution in [0.15, 0.2) is 6.07 Å². The summed E-state index contributed by atoms with van der Waals surface area (Å²) < 4.78 is 0. The molecule has 0 fully saturated rings. The van der Waals surface area contributed by atoms with Crippen molar-refractivity contribution in [2.45, 2.75) is 12.3 Å². The van der Waals surface area contributed by atoms with Crippen molar-refractivity contribution in [2.75, 3.05) is 0 Å². The summed E-state index contributed by atoms with van der Waals surface area (Å²) in [4.78, 5) is 4.06. The molecule has 1 aromatic rings. The Bertz CT molecular complexity index is 252. The third-order valence-electron chi connectivity index (χ3n) is 1.38. The van der Waals surface area contributed by atoms with E-state index in [-0.39, 0.29) is 0 Å². The van der Waals surface area contributed by atoms with Crippen molar-refractivity contribution in [3.63, 3.8) is 0 Å². The van der Waals surface area contributed by atoms with Crippen molar-refractivity contribution in [2.24, 2.45) is 0 Å². The molecule has 1 aromatic heterocycles. The summed E-state index contributed by atoms with van der Waals surface area (Å²) in [5.74, 6) is 0. The maximum absolute atomic E-state index is 5.88. The molecule has 0 atom stereocenters. The van der Waals surface area contributed by atoms with Gasteiger partial charge in [0.05, 0.1) is 0 Å². The number of nitrogens with zero attached hydrogens (tertiary/aromatic N) is 1. The van der Waals surface area contributed by atoms with Crippen molar-refractivity contribution in [3.05, 3.63) is 27.5 Å². The Morgan fingerprint density at radius 1 is 1.55 bits per heavy atom. The first-order valence-electron chi connectivity index (χ1n) is 3.02. The highest BCUT2D eigenvalue weighted by molar-refractivity contribution is 9.08. The van der Waals surface area contributed by atoms with Gasteiger partial charge in [0.25, 0.3) is 0 Å². The Kier molecular flexibility index (Phi) is 3.16. The van der Waals surface area contributed by atoms with Crippen molar-refractivity contribution in [3.8, 4) is 0 Å². The fourth-order valence-corrected chi connectivity index (χ4v) is 2.25.